The molecule has 5 nitrogen and oxygen atoms in total. The molecule has 0 radical (unpaired) electrons. The van der Waals surface area contributed by atoms with Gasteiger partial charge in [0.25, 0.3) is 0 Å². The van der Waals surface area contributed by atoms with Crippen molar-refractivity contribution in [3.8, 4) is 0 Å². The van der Waals surface area contributed by atoms with Gasteiger partial charge in [-0.1, -0.05) is 6.07 Å². The number of fused-ring (bicyclic) bond motifs is 1. The zero-order chi connectivity index (χ0) is 13.2. The highest BCUT2D eigenvalue weighted by molar-refractivity contribution is 5.75. The Labute approximate surface area is 111 Å². The molecule has 1 saturated heterocycles. The van der Waals surface area contributed by atoms with Crippen LogP contribution < -0.4 is 5.69 Å². The van der Waals surface area contributed by atoms with Crippen LogP contribution in [0.2, 0.25) is 0 Å². The Hall–Kier alpha value is -1.59. The largest absolute Gasteiger partial charge is 0.379 e. The molecule has 1 N–H and O–H groups in total. The second kappa shape index (κ2) is 5.19. The van der Waals surface area contributed by atoms with Crippen LogP contribution in [0.3, 0.4) is 0 Å². The number of aryl methyl sites for hydroxylation is 1. The molecule has 5 heteroatoms. The van der Waals surface area contributed by atoms with E-state index in [-0.39, 0.29) is 5.69 Å². The lowest BCUT2D eigenvalue weighted by Gasteiger charge is -2.26. The van der Waals surface area contributed by atoms with E-state index in [2.05, 4.69) is 9.88 Å². The van der Waals surface area contributed by atoms with Gasteiger partial charge in [-0.2, -0.15) is 0 Å². The van der Waals surface area contributed by atoms with Gasteiger partial charge in [-0.3, -0.25) is 9.47 Å². The third kappa shape index (κ3) is 2.57. The SMILES string of the molecule is Cc1ccc2c(c1)[nH]c(=O)n2CCN1CCOCC1. The molecule has 2 aromatic rings. The molecule has 0 bridgehead atoms. The number of nitrogens with zero attached hydrogens (tertiary/aromatic N) is 2. The highest BCUT2D eigenvalue weighted by Crippen LogP contribution is 2.12. The minimum Gasteiger partial charge on any atom is -0.379 e. The lowest BCUT2D eigenvalue weighted by atomic mass is 10.2. The molecular weight excluding hydrogens is 242 g/mol. The van der Waals surface area contributed by atoms with Crippen LogP contribution in [-0.4, -0.2) is 47.3 Å². The number of H-pyrrole nitrogens is 1. The summed E-state index contributed by atoms with van der Waals surface area (Å²) in [4.78, 5) is 17.2. The first kappa shape index (κ1) is 12.4. The van der Waals surface area contributed by atoms with Gasteiger partial charge >= 0.3 is 5.69 Å². The molecule has 3 rings (SSSR count). The van der Waals surface area contributed by atoms with Crippen molar-refractivity contribution in [3.63, 3.8) is 0 Å². The van der Waals surface area contributed by atoms with Crippen molar-refractivity contribution >= 4 is 11.0 Å². The van der Waals surface area contributed by atoms with Crippen LogP contribution in [0.1, 0.15) is 5.56 Å². The van der Waals surface area contributed by atoms with E-state index >= 15 is 0 Å². The summed E-state index contributed by atoms with van der Waals surface area (Å²) in [7, 11) is 0. The molecule has 0 unspecified atom stereocenters. The molecule has 0 aliphatic carbocycles. The first-order chi connectivity index (χ1) is 9.24. The number of benzene rings is 1. The molecule has 1 aromatic carbocycles. The fraction of sp³-hybridized carbons (Fsp3) is 0.500. The molecule has 1 aromatic heterocycles. The molecule has 102 valence electrons. The van der Waals surface area contributed by atoms with Gasteiger partial charge in [0.15, 0.2) is 0 Å². The Bertz CT molecular complexity index is 623. The van der Waals surface area contributed by atoms with E-state index in [4.69, 9.17) is 4.74 Å². The van der Waals surface area contributed by atoms with Gasteiger partial charge in [-0.15, -0.1) is 0 Å². The number of ether oxygens (including phenoxy) is 1. The zero-order valence-electron chi connectivity index (χ0n) is 11.2. The molecule has 0 saturated carbocycles. The number of hydrogen-bond donors (Lipinski definition) is 1. The van der Waals surface area contributed by atoms with Crippen molar-refractivity contribution in [2.24, 2.45) is 0 Å². The Balaban J connectivity index is 1.80. The van der Waals surface area contributed by atoms with Crippen LogP contribution in [0.15, 0.2) is 23.0 Å². The molecular formula is C14H19N3O2. The zero-order valence-corrected chi connectivity index (χ0v) is 11.2. The van der Waals surface area contributed by atoms with Crippen LogP contribution in [0, 0.1) is 6.92 Å². The van der Waals surface area contributed by atoms with Crippen LogP contribution in [0.25, 0.3) is 11.0 Å². The number of nitrogens with one attached hydrogen (secondary N) is 1. The van der Waals surface area contributed by atoms with Gasteiger partial charge in [0, 0.05) is 26.2 Å². The van der Waals surface area contributed by atoms with Crippen LogP contribution in [-0.2, 0) is 11.3 Å². The van der Waals surface area contributed by atoms with Gasteiger partial charge in [0.1, 0.15) is 0 Å². The van der Waals surface area contributed by atoms with Crippen LogP contribution in [0.4, 0.5) is 0 Å². The van der Waals surface area contributed by atoms with Crippen molar-refractivity contribution in [2.75, 3.05) is 32.8 Å². The topological polar surface area (TPSA) is 50.3 Å². The minimum atomic E-state index is -0.0196. The summed E-state index contributed by atoms with van der Waals surface area (Å²) < 4.78 is 7.15. The molecule has 2 heterocycles. The van der Waals surface area contributed by atoms with Crippen molar-refractivity contribution in [2.45, 2.75) is 13.5 Å². The smallest absolute Gasteiger partial charge is 0.326 e. The molecule has 1 fully saturated rings. The molecule has 1 aliphatic rings. The number of hydrogen-bond acceptors (Lipinski definition) is 3. The monoisotopic (exact) mass is 261 g/mol. The fourth-order valence-electron chi connectivity index (χ4n) is 2.57. The predicted octanol–water partition coefficient (Wildman–Crippen LogP) is 0.970. The van der Waals surface area contributed by atoms with Crippen molar-refractivity contribution < 1.29 is 4.74 Å². The number of rotatable bonds is 3. The van der Waals surface area contributed by atoms with Crippen molar-refractivity contribution in [1.29, 1.82) is 0 Å². The Morgan fingerprint density at radius 1 is 1.26 bits per heavy atom. The van der Waals surface area contributed by atoms with Crippen molar-refractivity contribution in [3.05, 3.63) is 34.2 Å². The van der Waals surface area contributed by atoms with E-state index in [0.717, 1.165) is 56.0 Å². The van der Waals surface area contributed by atoms with Gasteiger partial charge in [0.05, 0.1) is 24.2 Å². The van der Waals surface area contributed by atoms with E-state index < -0.39 is 0 Å². The van der Waals surface area contributed by atoms with E-state index in [0.29, 0.717) is 0 Å². The highest BCUT2D eigenvalue weighted by atomic mass is 16.5. The maximum absolute atomic E-state index is 12.0. The summed E-state index contributed by atoms with van der Waals surface area (Å²) in [6.07, 6.45) is 0. The average molecular weight is 261 g/mol. The molecule has 1 aliphatic heterocycles. The van der Waals surface area contributed by atoms with Gasteiger partial charge in [-0.05, 0) is 24.6 Å². The second-order valence-electron chi connectivity index (χ2n) is 5.06. The summed E-state index contributed by atoms with van der Waals surface area (Å²) in [5.41, 5.74) is 3.05. The Kier molecular flexibility index (Phi) is 3.40. The summed E-state index contributed by atoms with van der Waals surface area (Å²) in [6.45, 7) is 7.14. The number of aromatic nitrogens is 2. The van der Waals surface area contributed by atoms with Gasteiger partial charge in [-0.25, -0.2) is 4.79 Å². The summed E-state index contributed by atoms with van der Waals surface area (Å²) >= 11 is 0. The van der Waals surface area contributed by atoms with E-state index in [9.17, 15) is 4.79 Å². The van der Waals surface area contributed by atoms with E-state index in [1.165, 1.54) is 0 Å². The van der Waals surface area contributed by atoms with E-state index in [1.54, 1.807) is 0 Å². The summed E-state index contributed by atoms with van der Waals surface area (Å²) in [5, 5.41) is 0. The first-order valence-corrected chi connectivity index (χ1v) is 6.73. The first-order valence-electron chi connectivity index (χ1n) is 6.73. The van der Waals surface area contributed by atoms with Crippen LogP contribution >= 0.6 is 0 Å². The van der Waals surface area contributed by atoms with Gasteiger partial charge in [0.2, 0.25) is 0 Å². The lowest BCUT2D eigenvalue weighted by Crippen LogP contribution is -2.39. The molecule has 0 atom stereocenters. The summed E-state index contributed by atoms with van der Waals surface area (Å²) in [6, 6.07) is 6.07. The quantitative estimate of drug-likeness (QED) is 0.895. The molecule has 19 heavy (non-hydrogen) atoms. The number of morpholine rings is 1. The minimum absolute atomic E-state index is 0.0196. The molecule has 0 amide bonds. The highest BCUT2D eigenvalue weighted by Gasteiger charge is 2.12. The maximum atomic E-state index is 12.0. The second-order valence-corrected chi connectivity index (χ2v) is 5.06. The van der Waals surface area contributed by atoms with Crippen molar-refractivity contribution in [1.82, 2.24) is 14.5 Å². The summed E-state index contributed by atoms with van der Waals surface area (Å²) in [5.74, 6) is 0. The Morgan fingerprint density at radius 3 is 2.84 bits per heavy atom. The predicted molar refractivity (Wildman–Crippen MR) is 74.6 cm³/mol. The average Bonchev–Trinajstić information content (AvgIpc) is 2.72. The number of imidazole rings is 1. The fourth-order valence-corrected chi connectivity index (χ4v) is 2.57. The lowest BCUT2D eigenvalue weighted by molar-refractivity contribution is 0.0364. The third-order valence-corrected chi connectivity index (χ3v) is 3.67. The Morgan fingerprint density at radius 2 is 2.05 bits per heavy atom. The van der Waals surface area contributed by atoms with E-state index in [1.807, 2.05) is 29.7 Å². The standard InChI is InChI=1S/C14H19N3O2/c1-11-2-3-13-12(10-11)15-14(18)17(13)5-4-16-6-8-19-9-7-16/h2-3,10H,4-9H2,1H3,(H,15,18). The number of aromatic amines is 1. The van der Waals surface area contributed by atoms with Crippen LogP contribution in [0.5, 0.6) is 0 Å². The third-order valence-electron chi connectivity index (χ3n) is 3.67. The maximum Gasteiger partial charge on any atom is 0.326 e. The molecule has 0 spiro atoms. The van der Waals surface area contributed by atoms with Gasteiger partial charge < -0.3 is 9.72 Å². The normalized spacial score (nSPS) is 17.1.